The maximum absolute atomic E-state index is 12.1. The number of carbonyl (C=O) groups is 2. The van der Waals surface area contributed by atoms with Crippen LogP contribution < -0.4 is 22.5 Å². The Labute approximate surface area is 107 Å². The molecule has 18 heavy (non-hydrogen) atoms. The van der Waals surface area contributed by atoms with Gasteiger partial charge in [0.1, 0.15) is 0 Å². The van der Waals surface area contributed by atoms with E-state index in [4.69, 9.17) is 11.7 Å². The lowest BCUT2D eigenvalue weighted by Crippen LogP contribution is -2.47. The molecule has 2 heterocycles. The van der Waals surface area contributed by atoms with Crippen molar-refractivity contribution in [3.63, 3.8) is 0 Å². The van der Waals surface area contributed by atoms with Gasteiger partial charge < -0.3 is 0 Å². The van der Waals surface area contributed by atoms with Crippen molar-refractivity contribution < 1.29 is 9.59 Å². The standard InChI is InChI=1S/C11H21BN4O2/c13-15-8(17)10-4-2-1-3-5-11(12-10,7-6-10)9(18)16-14/h12H,1-7,13-14H2,(H,15,17)(H,16,18). The summed E-state index contributed by atoms with van der Waals surface area (Å²) in [5, 5.41) is -0.941. The summed E-state index contributed by atoms with van der Waals surface area (Å²) in [6.07, 6.45) is 6.18. The molecule has 2 fully saturated rings. The Morgan fingerprint density at radius 1 is 0.833 bits per heavy atom. The van der Waals surface area contributed by atoms with Gasteiger partial charge in [0.25, 0.3) is 0 Å². The largest absolute Gasteiger partial charge is 0.294 e. The molecule has 0 saturated carbocycles. The SMILES string of the molecule is NNC(=O)C12BC(C(=O)NN)(CCCCC1)CC2. The second-order valence-corrected chi connectivity index (χ2v) is 5.75. The normalized spacial score (nSPS) is 35.0. The van der Waals surface area contributed by atoms with Gasteiger partial charge in [0, 0.05) is 10.6 Å². The fourth-order valence-corrected chi connectivity index (χ4v) is 3.75. The van der Waals surface area contributed by atoms with E-state index >= 15 is 0 Å². The van der Waals surface area contributed by atoms with Crippen molar-refractivity contribution in [3.8, 4) is 0 Å². The first-order valence-corrected chi connectivity index (χ1v) is 6.61. The van der Waals surface area contributed by atoms with Gasteiger partial charge in [-0.15, -0.1) is 0 Å². The number of amides is 2. The third-order valence-corrected chi connectivity index (χ3v) is 4.80. The Kier molecular flexibility index (Phi) is 3.63. The molecule has 2 atom stereocenters. The molecule has 0 radical (unpaired) electrons. The predicted molar refractivity (Wildman–Crippen MR) is 69.5 cm³/mol. The summed E-state index contributed by atoms with van der Waals surface area (Å²) < 4.78 is 0. The fraction of sp³-hybridized carbons (Fsp3) is 0.818. The molecular formula is C11H21BN4O2. The Morgan fingerprint density at radius 3 is 1.67 bits per heavy atom. The molecule has 2 rings (SSSR count). The highest BCUT2D eigenvalue weighted by molar-refractivity contribution is 6.57. The van der Waals surface area contributed by atoms with Crippen molar-refractivity contribution in [2.75, 3.05) is 0 Å². The van der Waals surface area contributed by atoms with E-state index in [-0.39, 0.29) is 11.8 Å². The number of fused-ring (bicyclic) bond motifs is 2. The smallest absolute Gasteiger partial charge is 0.232 e. The van der Waals surface area contributed by atoms with Gasteiger partial charge in [-0.1, -0.05) is 19.3 Å². The maximum Gasteiger partial charge on any atom is 0.232 e. The highest BCUT2D eigenvalue weighted by Gasteiger charge is 2.56. The van der Waals surface area contributed by atoms with Crippen LogP contribution in [0, 0.1) is 0 Å². The highest BCUT2D eigenvalue weighted by Crippen LogP contribution is 2.58. The first kappa shape index (κ1) is 13.4. The minimum Gasteiger partial charge on any atom is -0.294 e. The molecule has 0 aliphatic carbocycles. The number of nitrogens with two attached hydrogens (primary N) is 2. The van der Waals surface area contributed by atoms with Crippen LogP contribution in [0.4, 0.5) is 0 Å². The lowest BCUT2D eigenvalue weighted by atomic mass is 9.40. The summed E-state index contributed by atoms with van der Waals surface area (Å²) in [5.41, 5.74) is 4.55. The maximum atomic E-state index is 12.1. The molecule has 100 valence electrons. The third-order valence-electron chi connectivity index (χ3n) is 4.80. The molecule has 2 unspecified atom stereocenters. The number of hydrogen-bond donors (Lipinski definition) is 4. The zero-order valence-corrected chi connectivity index (χ0v) is 10.6. The third kappa shape index (κ3) is 2.01. The number of rotatable bonds is 2. The van der Waals surface area contributed by atoms with E-state index in [0.29, 0.717) is 7.28 Å². The second kappa shape index (κ2) is 4.89. The Balaban J connectivity index is 2.29. The average Bonchev–Trinajstić information content (AvgIpc) is 2.78. The molecule has 2 aliphatic rings. The van der Waals surface area contributed by atoms with Gasteiger partial charge in [0.15, 0.2) is 7.28 Å². The summed E-state index contributed by atoms with van der Waals surface area (Å²) >= 11 is 0. The van der Waals surface area contributed by atoms with Crippen molar-refractivity contribution in [1.29, 1.82) is 0 Å². The quantitative estimate of drug-likeness (QED) is 0.229. The van der Waals surface area contributed by atoms with Gasteiger partial charge in [0.05, 0.1) is 0 Å². The molecule has 7 heteroatoms. The predicted octanol–water partition coefficient (Wildman–Crippen LogP) is -0.522. The minimum absolute atomic E-state index is 0.129. The molecule has 6 nitrogen and oxygen atoms in total. The van der Waals surface area contributed by atoms with Crippen molar-refractivity contribution in [2.24, 2.45) is 11.7 Å². The molecule has 2 bridgehead atoms. The summed E-state index contributed by atoms with van der Waals surface area (Å²) in [6.45, 7) is 0. The molecule has 2 saturated heterocycles. The monoisotopic (exact) mass is 252 g/mol. The molecule has 6 N–H and O–H groups in total. The zero-order valence-electron chi connectivity index (χ0n) is 10.6. The van der Waals surface area contributed by atoms with Crippen molar-refractivity contribution in [1.82, 2.24) is 10.9 Å². The lowest BCUT2D eigenvalue weighted by Gasteiger charge is -2.32. The van der Waals surface area contributed by atoms with Crippen LogP contribution in [-0.4, -0.2) is 19.1 Å². The second-order valence-electron chi connectivity index (χ2n) is 5.75. The van der Waals surface area contributed by atoms with E-state index in [1.807, 2.05) is 0 Å². The van der Waals surface area contributed by atoms with Crippen LogP contribution in [0.15, 0.2) is 0 Å². The molecule has 2 aliphatic heterocycles. The van der Waals surface area contributed by atoms with Gasteiger partial charge in [-0.25, -0.2) is 11.7 Å². The molecule has 0 aromatic rings. The summed E-state index contributed by atoms with van der Waals surface area (Å²) in [6, 6.07) is 0. The van der Waals surface area contributed by atoms with Crippen molar-refractivity contribution in [3.05, 3.63) is 0 Å². The average molecular weight is 252 g/mol. The number of hydrogen-bond acceptors (Lipinski definition) is 4. The minimum atomic E-state index is -0.471. The van der Waals surface area contributed by atoms with E-state index in [1.165, 1.54) is 0 Å². The number of carbonyl (C=O) groups excluding carboxylic acids is 2. The first-order valence-electron chi connectivity index (χ1n) is 6.61. The van der Waals surface area contributed by atoms with E-state index in [2.05, 4.69) is 10.9 Å². The summed E-state index contributed by atoms with van der Waals surface area (Å²) in [4.78, 5) is 24.1. The van der Waals surface area contributed by atoms with Crippen molar-refractivity contribution >= 4 is 19.1 Å². The highest BCUT2D eigenvalue weighted by atomic mass is 16.2. The van der Waals surface area contributed by atoms with Gasteiger partial charge in [-0.2, -0.15) is 0 Å². The zero-order chi connectivity index (χ0) is 13.2. The van der Waals surface area contributed by atoms with E-state index in [1.54, 1.807) is 0 Å². The van der Waals surface area contributed by atoms with Gasteiger partial charge in [-0.05, 0) is 25.7 Å². The fourth-order valence-electron chi connectivity index (χ4n) is 3.75. The lowest BCUT2D eigenvalue weighted by molar-refractivity contribution is -0.125. The Morgan fingerprint density at radius 2 is 1.28 bits per heavy atom. The summed E-state index contributed by atoms with van der Waals surface area (Å²) in [7, 11) is 0.575. The first-order chi connectivity index (χ1) is 8.58. The number of nitrogens with one attached hydrogen (secondary N) is 2. The molecule has 0 spiro atoms. The van der Waals surface area contributed by atoms with E-state index in [9.17, 15) is 9.59 Å². The van der Waals surface area contributed by atoms with Crippen molar-refractivity contribution in [2.45, 2.75) is 55.6 Å². The van der Waals surface area contributed by atoms with Crippen LogP contribution in [0.25, 0.3) is 0 Å². The van der Waals surface area contributed by atoms with Crippen LogP contribution in [0.5, 0.6) is 0 Å². The van der Waals surface area contributed by atoms with Crippen LogP contribution in [-0.2, 0) is 9.59 Å². The summed E-state index contributed by atoms with van der Waals surface area (Å²) in [5.74, 6) is 10.3. The van der Waals surface area contributed by atoms with Crippen LogP contribution in [0.2, 0.25) is 10.6 Å². The molecule has 0 aromatic heterocycles. The topological polar surface area (TPSA) is 110 Å². The van der Waals surface area contributed by atoms with Gasteiger partial charge in [-0.3, -0.25) is 20.4 Å². The van der Waals surface area contributed by atoms with Crippen LogP contribution >= 0.6 is 0 Å². The Bertz CT molecular complexity index is 333. The molecule has 0 aromatic carbocycles. The number of hydrazine groups is 2. The van der Waals surface area contributed by atoms with E-state index < -0.39 is 10.6 Å². The molecule has 2 amide bonds. The molecular weight excluding hydrogens is 231 g/mol. The van der Waals surface area contributed by atoms with Gasteiger partial charge in [0.2, 0.25) is 11.8 Å². The van der Waals surface area contributed by atoms with E-state index in [0.717, 1.165) is 44.9 Å². The van der Waals surface area contributed by atoms with Gasteiger partial charge >= 0.3 is 0 Å². The van der Waals surface area contributed by atoms with Crippen LogP contribution in [0.3, 0.4) is 0 Å². The van der Waals surface area contributed by atoms with Crippen LogP contribution in [0.1, 0.15) is 44.9 Å². The Hall–Kier alpha value is -1.08.